The van der Waals surface area contributed by atoms with Crippen molar-refractivity contribution >= 4 is 23.2 Å². The van der Waals surface area contributed by atoms with E-state index in [1.807, 2.05) is 0 Å². The average molecular weight is 394 g/mol. The van der Waals surface area contributed by atoms with Gasteiger partial charge in [0.05, 0.1) is 24.4 Å². The largest absolute Gasteiger partial charge is 0.573 e. The number of hydrogen-bond acceptors (Lipinski definition) is 4. The van der Waals surface area contributed by atoms with Gasteiger partial charge in [0.2, 0.25) is 11.8 Å². The Morgan fingerprint density at radius 2 is 1.75 bits per heavy atom. The number of ether oxygens (including phenoxy) is 2. The van der Waals surface area contributed by atoms with Gasteiger partial charge in [-0.05, 0) is 24.3 Å². The fourth-order valence-electron chi connectivity index (χ4n) is 2.99. The van der Waals surface area contributed by atoms with Crippen molar-refractivity contribution < 1.29 is 32.2 Å². The molecule has 1 aliphatic rings. The van der Waals surface area contributed by atoms with E-state index in [0.29, 0.717) is 11.4 Å². The highest BCUT2D eigenvalue weighted by molar-refractivity contribution is 6.04. The summed E-state index contributed by atoms with van der Waals surface area (Å²) in [6.07, 6.45) is -4.95. The lowest BCUT2D eigenvalue weighted by Gasteiger charge is -2.19. The maximum Gasteiger partial charge on any atom is 0.573 e. The van der Waals surface area contributed by atoms with Gasteiger partial charge in [-0.25, -0.2) is 0 Å². The number of hydrogen-bond donors (Lipinski definition) is 1. The second-order valence-electron chi connectivity index (χ2n) is 6.11. The molecule has 1 heterocycles. The first-order valence-corrected chi connectivity index (χ1v) is 8.37. The predicted octanol–water partition coefficient (Wildman–Crippen LogP) is 3.59. The van der Waals surface area contributed by atoms with Crippen molar-refractivity contribution in [3.05, 3.63) is 48.5 Å². The standard InChI is InChI=1S/C19H17F3N2O4/c1-27-16-9-5-3-7-14(16)24-11-12(10-17(24)25)18(26)23-13-6-2-4-8-15(13)28-19(20,21)22/h2-9,12H,10-11H2,1H3,(H,23,26). The van der Waals surface area contributed by atoms with Gasteiger partial charge in [-0.15, -0.1) is 13.2 Å². The Hall–Kier alpha value is -3.23. The topological polar surface area (TPSA) is 67.9 Å². The van der Waals surface area contributed by atoms with Gasteiger partial charge >= 0.3 is 6.36 Å². The van der Waals surface area contributed by atoms with Crippen molar-refractivity contribution in [2.24, 2.45) is 5.92 Å². The minimum atomic E-state index is -4.88. The van der Waals surface area contributed by atoms with E-state index in [0.717, 1.165) is 6.07 Å². The number of amides is 2. The van der Waals surface area contributed by atoms with Crippen LogP contribution in [-0.4, -0.2) is 31.8 Å². The van der Waals surface area contributed by atoms with Gasteiger partial charge < -0.3 is 19.7 Å². The number of carbonyl (C=O) groups is 2. The first-order valence-electron chi connectivity index (χ1n) is 8.37. The number of alkyl halides is 3. The number of anilines is 2. The molecule has 1 fully saturated rings. The van der Waals surface area contributed by atoms with Crippen LogP contribution in [0.25, 0.3) is 0 Å². The molecule has 9 heteroatoms. The molecule has 0 saturated carbocycles. The van der Waals surface area contributed by atoms with E-state index in [-0.39, 0.29) is 24.6 Å². The van der Waals surface area contributed by atoms with E-state index in [4.69, 9.17) is 4.74 Å². The smallest absolute Gasteiger partial charge is 0.495 e. The molecular weight excluding hydrogens is 377 g/mol. The lowest BCUT2D eigenvalue weighted by atomic mass is 10.1. The molecule has 6 nitrogen and oxygen atoms in total. The van der Waals surface area contributed by atoms with Gasteiger partial charge in [-0.2, -0.15) is 0 Å². The number of carbonyl (C=O) groups excluding carboxylic acids is 2. The number of nitrogens with one attached hydrogen (secondary N) is 1. The summed E-state index contributed by atoms with van der Waals surface area (Å²) in [6.45, 7) is 0.0906. The second-order valence-corrected chi connectivity index (χ2v) is 6.11. The SMILES string of the molecule is COc1ccccc1N1CC(C(=O)Nc2ccccc2OC(F)(F)F)CC1=O. The zero-order valence-electron chi connectivity index (χ0n) is 14.8. The van der Waals surface area contributed by atoms with Gasteiger partial charge in [-0.1, -0.05) is 24.3 Å². The van der Waals surface area contributed by atoms with Gasteiger partial charge in [0.15, 0.2) is 5.75 Å². The molecule has 0 aliphatic carbocycles. The molecule has 3 rings (SSSR count). The fourth-order valence-corrected chi connectivity index (χ4v) is 2.99. The van der Waals surface area contributed by atoms with Gasteiger partial charge in [0.25, 0.3) is 0 Å². The Morgan fingerprint density at radius 1 is 1.11 bits per heavy atom. The van der Waals surface area contributed by atoms with Crippen molar-refractivity contribution in [3.63, 3.8) is 0 Å². The van der Waals surface area contributed by atoms with Crippen molar-refractivity contribution in [2.75, 3.05) is 23.9 Å². The lowest BCUT2D eigenvalue weighted by Crippen LogP contribution is -2.28. The highest BCUT2D eigenvalue weighted by Crippen LogP contribution is 2.34. The molecule has 0 radical (unpaired) electrons. The van der Waals surface area contributed by atoms with Crippen LogP contribution < -0.4 is 19.7 Å². The molecule has 1 saturated heterocycles. The molecule has 0 bridgehead atoms. The predicted molar refractivity (Wildman–Crippen MR) is 95.2 cm³/mol. The molecule has 2 amide bonds. The summed E-state index contributed by atoms with van der Waals surface area (Å²) < 4.78 is 46.7. The van der Waals surface area contributed by atoms with E-state index < -0.39 is 23.9 Å². The number of benzene rings is 2. The van der Waals surface area contributed by atoms with Crippen molar-refractivity contribution in [1.82, 2.24) is 0 Å². The maximum absolute atomic E-state index is 12.6. The third-order valence-corrected chi connectivity index (χ3v) is 4.24. The number of methoxy groups -OCH3 is 1. The van der Waals surface area contributed by atoms with Crippen LogP contribution in [0.4, 0.5) is 24.5 Å². The normalized spacial score (nSPS) is 16.8. The molecule has 1 aliphatic heterocycles. The lowest BCUT2D eigenvalue weighted by molar-refractivity contribution is -0.274. The number of para-hydroxylation sites is 4. The third-order valence-electron chi connectivity index (χ3n) is 4.24. The number of halogens is 3. The summed E-state index contributed by atoms with van der Waals surface area (Å²) in [4.78, 5) is 26.4. The van der Waals surface area contributed by atoms with Crippen molar-refractivity contribution in [3.8, 4) is 11.5 Å². The average Bonchev–Trinajstić information content (AvgIpc) is 3.04. The summed E-state index contributed by atoms with van der Waals surface area (Å²) in [5.74, 6) is -1.60. The number of nitrogens with zero attached hydrogens (tertiary/aromatic N) is 1. The van der Waals surface area contributed by atoms with Gasteiger partial charge in [0.1, 0.15) is 5.75 Å². The van der Waals surface area contributed by atoms with Crippen molar-refractivity contribution in [1.29, 1.82) is 0 Å². The molecule has 1 atom stereocenters. The van der Waals surface area contributed by atoms with Crippen LogP contribution in [0.2, 0.25) is 0 Å². The first-order chi connectivity index (χ1) is 13.3. The van der Waals surface area contributed by atoms with Crippen LogP contribution in [0.1, 0.15) is 6.42 Å². The quantitative estimate of drug-likeness (QED) is 0.842. The summed E-state index contributed by atoms with van der Waals surface area (Å²) >= 11 is 0. The summed E-state index contributed by atoms with van der Waals surface area (Å²) in [6, 6.07) is 12.1. The Balaban J connectivity index is 1.74. The Labute approximate surface area is 158 Å². The Morgan fingerprint density at radius 3 is 2.43 bits per heavy atom. The van der Waals surface area contributed by atoms with Gasteiger partial charge in [-0.3, -0.25) is 9.59 Å². The van der Waals surface area contributed by atoms with Crippen LogP contribution in [0.3, 0.4) is 0 Å². The Kier molecular flexibility index (Phi) is 5.43. The van der Waals surface area contributed by atoms with Crippen LogP contribution >= 0.6 is 0 Å². The van der Waals surface area contributed by atoms with Gasteiger partial charge in [0, 0.05) is 13.0 Å². The molecule has 148 valence electrons. The monoisotopic (exact) mass is 394 g/mol. The van der Waals surface area contributed by atoms with E-state index >= 15 is 0 Å². The fraction of sp³-hybridized carbons (Fsp3) is 0.263. The van der Waals surface area contributed by atoms with E-state index in [1.165, 1.54) is 30.2 Å². The summed E-state index contributed by atoms with van der Waals surface area (Å²) in [7, 11) is 1.47. The molecule has 28 heavy (non-hydrogen) atoms. The highest BCUT2D eigenvalue weighted by atomic mass is 19.4. The zero-order chi connectivity index (χ0) is 20.3. The minimum Gasteiger partial charge on any atom is -0.495 e. The van der Waals surface area contributed by atoms with Crippen LogP contribution in [0.5, 0.6) is 11.5 Å². The van der Waals surface area contributed by atoms with E-state index in [1.54, 1.807) is 24.3 Å². The Bertz CT molecular complexity index is 885. The summed E-state index contributed by atoms with van der Waals surface area (Å²) in [5.41, 5.74) is 0.416. The van der Waals surface area contributed by atoms with Crippen LogP contribution in [-0.2, 0) is 9.59 Å². The molecular formula is C19H17F3N2O4. The molecule has 2 aromatic carbocycles. The second kappa shape index (κ2) is 7.79. The summed E-state index contributed by atoms with van der Waals surface area (Å²) in [5, 5.41) is 2.42. The minimum absolute atomic E-state index is 0.0633. The van der Waals surface area contributed by atoms with Crippen molar-refractivity contribution in [2.45, 2.75) is 12.8 Å². The first kappa shape index (κ1) is 19.5. The third kappa shape index (κ3) is 4.36. The number of rotatable bonds is 5. The molecule has 1 unspecified atom stereocenters. The van der Waals surface area contributed by atoms with E-state index in [2.05, 4.69) is 10.1 Å². The molecule has 2 aromatic rings. The molecule has 1 N–H and O–H groups in total. The molecule has 0 aromatic heterocycles. The van der Waals surface area contributed by atoms with E-state index in [9.17, 15) is 22.8 Å². The van der Waals surface area contributed by atoms with Crippen LogP contribution in [0, 0.1) is 5.92 Å². The molecule has 0 spiro atoms. The maximum atomic E-state index is 12.6. The highest BCUT2D eigenvalue weighted by Gasteiger charge is 2.37. The zero-order valence-corrected chi connectivity index (χ0v) is 14.8. The van der Waals surface area contributed by atoms with Crippen LogP contribution in [0.15, 0.2) is 48.5 Å².